The first-order chi connectivity index (χ1) is 14.6. The Morgan fingerprint density at radius 2 is 2.03 bits per heavy atom. The summed E-state index contributed by atoms with van der Waals surface area (Å²) in [7, 11) is 3.54. The van der Waals surface area contributed by atoms with E-state index in [1.54, 1.807) is 11.7 Å². The summed E-state index contributed by atoms with van der Waals surface area (Å²) < 4.78 is 10.5. The number of amides is 1. The van der Waals surface area contributed by atoms with Gasteiger partial charge in [0.2, 0.25) is 10.7 Å². The van der Waals surface area contributed by atoms with Gasteiger partial charge >= 0.3 is 0 Å². The van der Waals surface area contributed by atoms with Crippen molar-refractivity contribution in [3.8, 4) is 17.1 Å². The Morgan fingerprint density at radius 1 is 1.27 bits per heavy atom. The monoisotopic (exact) mass is 440 g/mol. The number of para-hydroxylation sites is 1. The minimum absolute atomic E-state index is 0.198. The van der Waals surface area contributed by atoms with Gasteiger partial charge < -0.3 is 9.30 Å². The number of nitrogens with one attached hydrogen (secondary N) is 2. The van der Waals surface area contributed by atoms with Crippen LogP contribution in [0.5, 0.6) is 5.75 Å². The fourth-order valence-electron chi connectivity index (χ4n) is 3.05. The highest BCUT2D eigenvalue weighted by atomic mass is 32.1. The molecule has 0 aliphatic carbocycles. The molecule has 10 heteroatoms. The number of aryl methyl sites for hydroxylation is 1. The summed E-state index contributed by atoms with van der Waals surface area (Å²) in [6, 6.07) is 15.5. The third-order valence-electron chi connectivity index (χ3n) is 4.66. The van der Waals surface area contributed by atoms with Gasteiger partial charge in [0.1, 0.15) is 5.75 Å². The highest BCUT2D eigenvalue weighted by Crippen LogP contribution is 2.21. The molecule has 0 saturated carbocycles. The number of methoxy groups -OCH3 is 1. The number of aromatic amines is 1. The minimum atomic E-state index is -0.198. The molecule has 2 N–H and O–H groups in total. The van der Waals surface area contributed by atoms with Crippen molar-refractivity contribution in [2.75, 3.05) is 7.11 Å². The standard InChI is InChI=1S/C20H20N6O2S2/c1-25-15-5-3-4-6-16(15)30-20(25)24-21-17(27)11-12-26-18(22-23-19(26)29)13-7-9-14(28-2)10-8-13/h3-10H,11-12H2,1-2H3,(H,21,27)(H,23,29)/b24-20-. The molecule has 30 heavy (non-hydrogen) atoms. The molecule has 0 atom stereocenters. The zero-order valence-corrected chi connectivity index (χ0v) is 18.1. The second-order valence-electron chi connectivity index (χ2n) is 6.54. The van der Waals surface area contributed by atoms with Gasteiger partial charge in [-0.15, -0.1) is 5.10 Å². The number of carbonyl (C=O) groups is 1. The fraction of sp³-hybridized carbons (Fsp3) is 0.200. The van der Waals surface area contributed by atoms with E-state index >= 15 is 0 Å². The molecule has 0 radical (unpaired) electrons. The third kappa shape index (κ3) is 4.05. The van der Waals surface area contributed by atoms with Gasteiger partial charge in [-0.2, -0.15) is 5.10 Å². The predicted molar refractivity (Wildman–Crippen MR) is 119 cm³/mol. The fourth-order valence-corrected chi connectivity index (χ4v) is 4.26. The van der Waals surface area contributed by atoms with Gasteiger partial charge in [0.25, 0.3) is 0 Å². The van der Waals surface area contributed by atoms with E-state index in [4.69, 9.17) is 17.0 Å². The highest BCUT2D eigenvalue weighted by molar-refractivity contribution is 7.71. The van der Waals surface area contributed by atoms with Gasteiger partial charge in [-0.05, 0) is 48.6 Å². The van der Waals surface area contributed by atoms with Gasteiger partial charge in [-0.3, -0.25) is 14.5 Å². The lowest BCUT2D eigenvalue weighted by molar-refractivity contribution is -0.121. The number of fused-ring (bicyclic) bond motifs is 1. The summed E-state index contributed by atoms with van der Waals surface area (Å²) in [6.07, 6.45) is 0.217. The van der Waals surface area contributed by atoms with Crippen molar-refractivity contribution in [1.82, 2.24) is 24.8 Å². The minimum Gasteiger partial charge on any atom is -0.497 e. The van der Waals surface area contributed by atoms with Crippen LogP contribution < -0.4 is 15.0 Å². The predicted octanol–water partition coefficient (Wildman–Crippen LogP) is 3.19. The summed E-state index contributed by atoms with van der Waals surface area (Å²) in [5.41, 5.74) is 4.59. The second kappa shape index (κ2) is 8.64. The van der Waals surface area contributed by atoms with Crippen LogP contribution in [0.3, 0.4) is 0 Å². The molecule has 0 spiro atoms. The normalized spacial score (nSPS) is 11.7. The smallest absolute Gasteiger partial charge is 0.241 e. The van der Waals surface area contributed by atoms with Crippen molar-refractivity contribution in [2.45, 2.75) is 13.0 Å². The highest BCUT2D eigenvalue weighted by Gasteiger charge is 2.11. The molecule has 0 aliphatic rings. The Morgan fingerprint density at radius 3 is 2.77 bits per heavy atom. The number of thiazole rings is 1. The molecule has 2 aromatic carbocycles. The molecule has 1 amide bonds. The van der Waals surface area contributed by atoms with E-state index in [9.17, 15) is 4.79 Å². The van der Waals surface area contributed by atoms with Crippen LogP contribution in [0.2, 0.25) is 0 Å². The van der Waals surface area contributed by atoms with Crippen LogP contribution in [0.1, 0.15) is 6.42 Å². The van der Waals surface area contributed by atoms with Crippen molar-refractivity contribution in [2.24, 2.45) is 12.1 Å². The Bertz CT molecular complexity index is 1310. The Balaban J connectivity index is 1.47. The van der Waals surface area contributed by atoms with Gasteiger partial charge in [-0.1, -0.05) is 23.5 Å². The molecule has 0 bridgehead atoms. The summed E-state index contributed by atoms with van der Waals surface area (Å²) in [6.45, 7) is 0.386. The van der Waals surface area contributed by atoms with Gasteiger partial charge in [0, 0.05) is 25.6 Å². The second-order valence-corrected chi connectivity index (χ2v) is 7.94. The maximum Gasteiger partial charge on any atom is 0.241 e. The van der Waals surface area contributed by atoms with Crippen molar-refractivity contribution in [3.05, 3.63) is 58.1 Å². The van der Waals surface area contributed by atoms with E-state index < -0.39 is 0 Å². The van der Waals surface area contributed by atoms with E-state index in [-0.39, 0.29) is 12.3 Å². The largest absolute Gasteiger partial charge is 0.497 e. The van der Waals surface area contributed by atoms with Crippen LogP contribution in [-0.4, -0.2) is 32.3 Å². The van der Waals surface area contributed by atoms with Gasteiger partial charge in [0.05, 0.1) is 17.3 Å². The maximum atomic E-state index is 12.4. The molecule has 4 rings (SSSR count). The van der Waals surface area contributed by atoms with Crippen LogP contribution in [-0.2, 0) is 18.4 Å². The molecular weight excluding hydrogens is 420 g/mol. The van der Waals surface area contributed by atoms with Crippen molar-refractivity contribution in [1.29, 1.82) is 0 Å². The molecule has 0 aliphatic heterocycles. The molecule has 2 heterocycles. The molecule has 0 saturated heterocycles. The van der Waals surface area contributed by atoms with Gasteiger partial charge in [-0.25, -0.2) is 5.43 Å². The number of nitrogens with zero attached hydrogens (tertiary/aromatic N) is 4. The summed E-state index contributed by atoms with van der Waals surface area (Å²) >= 11 is 6.85. The first kappa shape index (κ1) is 20.0. The van der Waals surface area contributed by atoms with Crippen LogP contribution in [0.15, 0.2) is 53.6 Å². The molecule has 154 valence electrons. The van der Waals surface area contributed by atoms with E-state index in [1.807, 2.05) is 60.1 Å². The zero-order valence-electron chi connectivity index (χ0n) is 16.5. The SMILES string of the molecule is COc1ccc(-c2n[nH]c(=S)n2CCC(=O)N/N=c2\sc3ccccc3n2C)cc1. The zero-order chi connectivity index (χ0) is 21.1. The maximum absolute atomic E-state index is 12.4. The van der Waals surface area contributed by atoms with Crippen molar-refractivity contribution < 1.29 is 9.53 Å². The number of hydrogen-bond donors (Lipinski definition) is 2. The number of rotatable bonds is 6. The third-order valence-corrected chi connectivity index (χ3v) is 6.08. The number of ether oxygens (including phenoxy) is 1. The summed E-state index contributed by atoms with van der Waals surface area (Å²) in [5.74, 6) is 1.23. The molecule has 0 fully saturated rings. The number of hydrogen-bond acceptors (Lipinski definition) is 6. The lowest BCUT2D eigenvalue weighted by Crippen LogP contribution is -2.24. The molecule has 2 aromatic heterocycles. The van der Waals surface area contributed by atoms with E-state index in [0.29, 0.717) is 17.1 Å². The average Bonchev–Trinajstić information content (AvgIpc) is 3.30. The molecule has 4 aromatic rings. The Labute approximate surface area is 181 Å². The van der Waals surface area contributed by atoms with Crippen molar-refractivity contribution >= 4 is 39.7 Å². The number of benzene rings is 2. The van der Waals surface area contributed by atoms with Gasteiger partial charge in [0.15, 0.2) is 10.6 Å². The lowest BCUT2D eigenvalue weighted by Gasteiger charge is -2.07. The van der Waals surface area contributed by atoms with E-state index in [0.717, 1.165) is 26.3 Å². The first-order valence-corrected chi connectivity index (χ1v) is 10.5. The first-order valence-electron chi connectivity index (χ1n) is 9.23. The van der Waals surface area contributed by atoms with E-state index in [2.05, 4.69) is 20.7 Å². The number of H-pyrrole nitrogens is 1. The average molecular weight is 441 g/mol. The Kier molecular flexibility index (Phi) is 5.77. The molecular formula is C20H20N6O2S2. The number of aromatic nitrogens is 4. The Hall–Kier alpha value is -3.24. The van der Waals surface area contributed by atoms with Crippen molar-refractivity contribution in [3.63, 3.8) is 0 Å². The topological polar surface area (TPSA) is 89.2 Å². The van der Waals surface area contributed by atoms with E-state index in [1.165, 1.54) is 11.3 Å². The van der Waals surface area contributed by atoms with Crippen LogP contribution in [0.4, 0.5) is 0 Å². The quantitative estimate of drug-likeness (QED) is 0.356. The summed E-state index contributed by atoms with van der Waals surface area (Å²) in [5, 5.41) is 11.4. The van der Waals surface area contributed by atoms with Crippen LogP contribution in [0, 0.1) is 4.77 Å². The molecule has 8 nitrogen and oxygen atoms in total. The number of carbonyl (C=O) groups excluding carboxylic acids is 1. The lowest BCUT2D eigenvalue weighted by atomic mass is 10.2. The van der Waals surface area contributed by atoms with Crippen LogP contribution >= 0.6 is 23.6 Å². The van der Waals surface area contributed by atoms with Crippen LogP contribution in [0.25, 0.3) is 21.6 Å². The summed E-state index contributed by atoms with van der Waals surface area (Å²) in [4.78, 5) is 13.1. The molecule has 0 unspecified atom stereocenters.